The fourth-order valence-electron chi connectivity index (χ4n) is 2.07. The molecule has 0 bridgehead atoms. The maximum atomic E-state index is 5.53. The Balaban J connectivity index is 1.51. The van der Waals surface area contributed by atoms with E-state index in [-0.39, 0.29) is 0 Å². The molecule has 17 heavy (non-hydrogen) atoms. The van der Waals surface area contributed by atoms with Crippen LogP contribution in [0.4, 0.5) is 0 Å². The molecule has 1 N–H and O–H groups in total. The summed E-state index contributed by atoms with van der Waals surface area (Å²) >= 11 is 0. The third kappa shape index (κ3) is 4.86. The molecule has 1 heterocycles. The number of hydrogen-bond donors (Lipinski definition) is 1. The Bertz CT molecular complexity index is 296. The van der Waals surface area contributed by atoms with Gasteiger partial charge in [-0.2, -0.15) is 0 Å². The topological polar surface area (TPSA) is 30.5 Å². The normalized spacial score (nSPS) is 20.4. The van der Waals surface area contributed by atoms with Crippen LogP contribution in [0, 0.1) is 5.92 Å². The van der Waals surface area contributed by atoms with Crippen LogP contribution in [0.1, 0.15) is 18.4 Å². The highest BCUT2D eigenvalue weighted by atomic mass is 16.7. The second-order valence-electron chi connectivity index (χ2n) is 4.54. The molecule has 1 saturated heterocycles. The first kappa shape index (κ1) is 12.6. The van der Waals surface area contributed by atoms with Gasteiger partial charge in [0.2, 0.25) is 0 Å². The summed E-state index contributed by atoms with van der Waals surface area (Å²) in [7, 11) is 0. The fraction of sp³-hybridized carbons (Fsp3) is 0.571. The Morgan fingerprint density at radius 3 is 2.82 bits per heavy atom. The summed E-state index contributed by atoms with van der Waals surface area (Å²) in [6.45, 7) is 4.07. The zero-order valence-corrected chi connectivity index (χ0v) is 10.2. The van der Waals surface area contributed by atoms with E-state index in [9.17, 15) is 0 Å². The SMILES string of the molecule is c1ccc(COCOCC2CCCNC2)cc1. The lowest BCUT2D eigenvalue weighted by atomic mass is 10.0. The van der Waals surface area contributed by atoms with Crippen LogP contribution < -0.4 is 5.32 Å². The molecule has 0 aromatic heterocycles. The van der Waals surface area contributed by atoms with Crippen LogP contribution in [0.3, 0.4) is 0 Å². The summed E-state index contributed by atoms with van der Waals surface area (Å²) in [6, 6.07) is 10.2. The van der Waals surface area contributed by atoms with Gasteiger partial charge in [-0.15, -0.1) is 0 Å². The molecular weight excluding hydrogens is 214 g/mol. The van der Waals surface area contributed by atoms with Crippen molar-refractivity contribution in [2.45, 2.75) is 19.4 Å². The first-order chi connectivity index (χ1) is 8.45. The van der Waals surface area contributed by atoms with Gasteiger partial charge in [0, 0.05) is 6.54 Å². The van der Waals surface area contributed by atoms with Gasteiger partial charge in [0.25, 0.3) is 0 Å². The first-order valence-electron chi connectivity index (χ1n) is 6.35. The summed E-state index contributed by atoms with van der Waals surface area (Å²) in [5.74, 6) is 0.657. The minimum absolute atomic E-state index is 0.394. The maximum Gasteiger partial charge on any atom is 0.147 e. The molecule has 0 amide bonds. The molecule has 3 heteroatoms. The summed E-state index contributed by atoms with van der Waals surface area (Å²) in [5.41, 5.74) is 1.19. The highest BCUT2D eigenvalue weighted by molar-refractivity contribution is 5.13. The second kappa shape index (κ2) is 7.43. The van der Waals surface area contributed by atoms with Gasteiger partial charge in [-0.05, 0) is 30.9 Å². The molecule has 2 rings (SSSR count). The predicted molar refractivity (Wildman–Crippen MR) is 67.6 cm³/mol. The zero-order valence-electron chi connectivity index (χ0n) is 10.2. The highest BCUT2D eigenvalue weighted by Crippen LogP contribution is 2.10. The Morgan fingerprint density at radius 1 is 1.18 bits per heavy atom. The summed E-state index contributed by atoms with van der Waals surface area (Å²) in [5, 5.41) is 3.38. The highest BCUT2D eigenvalue weighted by Gasteiger charge is 2.12. The van der Waals surface area contributed by atoms with Gasteiger partial charge in [0.1, 0.15) is 6.79 Å². The van der Waals surface area contributed by atoms with Crippen LogP contribution in [0.2, 0.25) is 0 Å². The van der Waals surface area contributed by atoms with Crippen molar-refractivity contribution in [1.82, 2.24) is 5.32 Å². The van der Waals surface area contributed by atoms with E-state index in [1.807, 2.05) is 18.2 Å². The van der Waals surface area contributed by atoms with Crippen LogP contribution in [-0.2, 0) is 16.1 Å². The molecule has 1 atom stereocenters. The number of hydrogen-bond acceptors (Lipinski definition) is 3. The largest absolute Gasteiger partial charge is 0.355 e. The zero-order chi connectivity index (χ0) is 11.8. The monoisotopic (exact) mass is 235 g/mol. The fourth-order valence-corrected chi connectivity index (χ4v) is 2.07. The third-order valence-corrected chi connectivity index (χ3v) is 3.03. The Kier molecular flexibility index (Phi) is 5.49. The second-order valence-corrected chi connectivity index (χ2v) is 4.54. The number of benzene rings is 1. The lowest BCUT2D eigenvalue weighted by molar-refractivity contribution is -0.0731. The van der Waals surface area contributed by atoms with Crippen molar-refractivity contribution < 1.29 is 9.47 Å². The lowest BCUT2D eigenvalue weighted by Crippen LogP contribution is -2.32. The van der Waals surface area contributed by atoms with Gasteiger partial charge < -0.3 is 14.8 Å². The summed E-state index contributed by atoms with van der Waals surface area (Å²) < 4.78 is 11.0. The molecule has 0 spiro atoms. The van der Waals surface area contributed by atoms with Crippen LogP contribution in [0.5, 0.6) is 0 Å². The minimum atomic E-state index is 0.394. The Hall–Kier alpha value is -0.900. The molecule has 0 radical (unpaired) electrons. The van der Waals surface area contributed by atoms with Gasteiger partial charge in [-0.25, -0.2) is 0 Å². The van der Waals surface area contributed by atoms with Gasteiger partial charge in [-0.3, -0.25) is 0 Å². The summed E-state index contributed by atoms with van der Waals surface area (Å²) in [4.78, 5) is 0. The van der Waals surface area contributed by atoms with Crippen molar-refractivity contribution >= 4 is 0 Å². The van der Waals surface area contributed by atoms with Gasteiger partial charge in [0.15, 0.2) is 0 Å². The lowest BCUT2D eigenvalue weighted by Gasteiger charge is -2.22. The van der Waals surface area contributed by atoms with Crippen LogP contribution in [0.25, 0.3) is 0 Å². The smallest absolute Gasteiger partial charge is 0.147 e. The maximum absolute atomic E-state index is 5.53. The molecule has 0 saturated carbocycles. The van der Waals surface area contributed by atoms with Crippen molar-refractivity contribution in [3.63, 3.8) is 0 Å². The Morgan fingerprint density at radius 2 is 2.06 bits per heavy atom. The van der Waals surface area contributed by atoms with E-state index in [1.54, 1.807) is 0 Å². The quantitative estimate of drug-likeness (QED) is 0.605. The van der Waals surface area contributed by atoms with Crippen molar-refractivity contribution in [2.75, 3.05) is 26.5 Å². The van der Waals surface area contributed by atoms with E-state index < -0.39 is 0 Å². The molecular formula is C14H21NO2. The average Bonchev–Trinajstić information content (AvgIpc) is 2.41. The number of rotatable bonds is 6. The standard InChI is InChI=1S/C14H21NO2/c1-2-5-13(6-3-1)10-16-12-17-11-14-7-4-8-15-9-14/h1-3,5-6,14-15H,4,7-12H2. The van der Waals surface area contributed by atoms with E-state index in [0.29, 0.717) is 19.3 Å². The predicted octanol–water partition coefficient (Wildman–Crippen LogP) is 2.18. The molecule has 1 aliphatic heterocycles. The van der Waals surface area contributed by atoms with E-state index in [0.717, 1.165) is 19.7 Å². The third-order valence-electron chi connectivity index (χ3n) is 3.03. The molecule has 0 aliphatic carbocycles. The summed E-state index contributed by atoms with van der Waals surface area (Å²) in [6.07, 6.45) is 2.53. The molecule has 94 valence electrons. The number of piperidine rings is 1. The molecule has 3 nitrogen and oxygen atoms in total. The molecule has 1 aromatic carbocycles. The number of ether oxygens (including phenoxy) is 2. The first-order valence-corrected chi connectivity index (χ1v) is 6.35. The average molecular weight is 235 g/mol. The number of nitrogens with one attached hydrogen (secondary N) is 1. The van der Waals surface area contributed by atoms with E-state index in [4.69, 9.17) is 9.47 Å². The van der Waals surface area contributed by atoms with E-state index >= 15 is 0 Å². The van der Waals surface area contributed by atoms with Crippen LogP contribution in [0.15, 0.2) is 30.3 Å². The van der Waals surface area contributed by atoms with E-state index in [2.05, 4.69) is 17.4 Å². The molecule has 1 fully saturated rings. The van der Waals surface area contributed by atoms with Crippen molar-refractivity contribution in [1.29, 1.82) is 0 Å². The molecule has 1 aliphatic rings. The molecule has 1 aromatic rings. The van der Waals surface area contributed by atoms with Crippen molar-refractivity contribution in [2.24, 2.45) is 5.92 Å². The van der Waals surface area contributed by atoms with Gasteiger partial charge in [-0.1, -0.05) is 30.3 Å². The van der Waals surface area contributed by atoms with Gasteiger partial charge >= 0.3 is 0 Å². The van der Waals surface area contributed by atoms with Crippen LogP contribution >= 0.6 is 0 Å². The van der Waals surface area contributed by atoms with Crippen LogP contribution in [-0.4, -0.2) is 26.5 Å². The van der Waals surface area contributed by atoms with Crippen molar-refractivity contribution in [3.05, 3.63) is 35.9 Å². The van der Waals surface area contributed by atoms with Gasteiger partial charge in [0.05, 0.1) is 13.2 Å². The molecule has 1 unspecified atom stereocenters. The van der Waals surface area contributed by atoms with E-state index in [1.165, 1.54) is 18.4 Å². The minimum Gasteiger partial charge on any atom is -0.355 e. The Labute approximate surface area is 103 Å². The van der Waals surface area contributed by atoms with Crippen molar-refractivity contribution in [3.8, 4) is 0 Å².